The zero-order valence-corrected chi connectivity index (χ0v) is 16.5. The number of carbonyl (C=O) groups excluding carboxylic acids is 1. The van der Waals surface area contributed by atoms with Crippen molar-refractivity contribution < 1.29 is 13.2 Å². The number of aromatic nitrogens is 2. The second kappa shape index (κ2) is 8.37. The van der Waals surface area contributed by atoms with Gasteiger partial charge in [-0.2, -0.15) is 0 Å². The van der Waals surface area contributed by atoms with Crippen LogP contribution in [0.3, 0.4) is 0 Å². The Morgan fingerprint density at radius 2 is 1.79 bits per heavy atom. The molecule has 0 radical (unpaired) electrons. The van der Waals surface area contributed by atoms with Crippen molar-refractivity contribution in [3.63, 3.8) is 0 Å². The Morgan fingerprint density at radius 3 is 2.36 bits per heavy atom. The first kappa shape index (κ1) is 19.8. The fraction of sp³-hybridized carbons (Fsp3) is 0.200. The SMILES string of the molecule is CCNS(=O)(=O)c1ccc(C(=O)NC(c2ccccc2)c2nccn2C)cc1. The molecule has 0 bridgehead atoms. The Morgan fingerprint density at radius 1 is 1.11 bits per heavy atom. The van der Waals surface area contributed by atoms with Crippen molar-refractivity contribution in [2.45, 2.75) is 17.9 Å². The minimum atomic E-state index is -3.55. The quantitative estimate of drug-likeness (QED) is 0.638. The molecule has 2 aromatic carbocycles. The zero-order valence-electron chi connectivity index (χ0n) is 15.7. The molecule has 0 aliphatic carbocycles. The van der Waals surface area contributed by atoms with Gasteiger partial charge >= 0.3 is 0 Å². The van der Waals surface area contributed by atoms with Crippen LogP contribution < -0.4 is 10.0 Å². The van der Waals surface area contributed by atoms with E-state index in [1.54, 1.807) is 13.1 Å². The van der Waals surface area contributed by atoms with Gasteiger partial charge in [0.2, 0.25) is 10.0 Å². The summed E-state index contributed by atoms with van der Waals surface area (Å²) in [5.74, 6) is 0.384. The first-order chi connectivity index (χ1) is 13.4. The monoisotopic (exact) mass is 398 g/mol. The highest BCUT2D eigenvalue weighted by Gasteiger charge is 2.21. The van der Waals surface area contributed by atoms with Crippen LogP contribution in [0.15, 0.2) is 71.9 Å². The van der Waals surface area contributed by atoms with Gasteiger partial charge in [-0.3, -0.25) is 4.79 Å². The summed E-state index contributed by atoms with van der Waals surface area (Å²) in [6.45, 7) is 2.01. The van der Waals surface area contributed by atoms with Crippen molar-refractivity contribution in [3.05, 3.63) is 83.9 Å². The van der Waals surface area contributed by atoms with Gasteiger partial charge in [0.15, 0.2) is 0 Å². The van der Waals surface area contributed by atoms with E-state index >= 15 is 0 Å². The van der Waals surface area contributed by atoms with E-state index in [9.17, 15) is 13.2 Å². The summed E-state index contributed by atoms with van der Waals surface area (Å²) in [5, 5.41) is 2.99. The molecule has 1 heterocycles. The Kier molecular flexibility index (Phi) is 5.91. The number of benzene rings is 2. The lowest BCUT2D eigenvalue weighted by Crippen LogP contribution is -2.31. The van der Waals surface area contributed by atoms with Crippen molar-refractivity contribution >= 4 is 15.9 Å². The molecular formula is C20H22N4O3S. The summed E-state index contributed by atoms with van der Waals surface area (Å²) in [6, 6.07) is 15.0. The lowest BCUT2D eigenvalue weighted by molar-refractivity contribution is 0.0941. The van der Waals surface area contributed by atoms with E-state index in [4.69, 9.17) is 0 Å². The molecule has 1 atom stereocenters. The van der Waals surface area contributed by atoms with Crippen LogP contribution in [0.1, 0.15) is 34.7 Å². The van der Waals surface area contributed by atoms with Crippen molar-refractivity contribution in [1.29, 1.82) is 0 Å². The third kappa shape index (κ3) is 4.29. The van der Waals surface area contributed by atoms with Crippen molar-refractivity contribution in [2.75, 3.05) is 6.54 Å². The van der Waals surface area contributed by atoms with E-state index in [-0.39, 0.29) is 10.8 Å². The smallest absolute Gasteiger partial charge is 0.252 e. The average Bonchev–Trinajstić information content (AvgIpc) is 3.12. The molecule has 146 valence electrons. The number of amides is 1. The van der Waals surface area contributed by atoms with Crippen LogP contribution >= 0.6 is 0 Å². The van der Waals surface area contributed by atoms with Gasteiger partial charge in [-0.1, -0.05) is 37.3 Å². The number of carbonyl (C=O) groups is 1. The summed E-state index contributed by atoms with van der Waals surface area (Å²) in [7, 11) is -1.69. The molecule has 3 aromatic rings. The Bertz CT molecular complexity index is 1040. The fourth-order valence-electron chi connectivity index (χ4n) is 2.87. The summed E-state index contributed by atoms with van der Waals surface area (Å²) in [6.07, 6.45) is 3.50. The predicted molar refractivity (Wildman–Crippen MR) is 106 cm³/mol. The fourth-order valence-corrected chi connectivity index (χ4v) is 3.91. The standard InChI is InChI=1S/C20H22N4O3S/c1-3-22-28(26,27)17-11-9-16(10-12-17)20(25)23-18(15-7-5-4-6-8-15)19-21-13-14-24(19)2/h4-14,18,22H,3H2,1-2H3,(H,23,25). The average molecular weight is 398 g/mol. The molecule has 0 aliphatic rings. The first-order valence-corrected chi connectivity index (χ1v) is 10.3. The van der Waals surface area contributed by atoms with E-state index in [1.807, 2.05) is 48.1 Å². The van der Waals surface area contributed by atoms with Crippen LogP contribution in [0, 0.1) is 0 Å². The molecule has 1 unspecified atom stereocenters. The largest absolute Gasteiger partial charge is 0.338 e. The molecule has 0 saturated carbocycles. The molecule has 3 rings (SSSR count). The van der Waals surface area contributed by atoms with Gasteiger partial charge < -0.3 is 9.88 Å². The summed E-state index contributed by atoms with van der Waals surface area (Å²) in [5.41, 5.74) is 1.27. The van der Waals surface area contributed by atoms with Crippen LogP contribution in [-0.4, -0.2) is 30.4 Å². The Hall–Kier alpha value is -2.97. The molecule has 0 spiro atoms. The number of sulfonamides is 1. The molecular weight excluding hydrogens is 376 g/mol. The molecule has 0 aliphatic heterocycles. The van der Waals surface area contributed by atoms with E-state index in [2.05, 4.69) is 15.0 Å². The molecule has 7 nitrogen and oxygen atoms in total. The summed E-state index contributed by atoms with van der Waals surface area (Å²) in [4.78, 5) is 17.3. The van der Waals surface area contributed by atoms with E-state index < -0.39 is 16.1 Å². The van der Waals surface area contributed by atoms with Crippen LogP contribution in [0.2, 0.25) is 0 Å². The second-order valence-corrected chi connectivity index (χ2v) is 8.01. The summed E-state index contributed by atoms with van der Waals surface area (Å²) < 4.78 is 28.4. The number of nitrogens with zero attached hydrogens (tertiary/aromatic N) is 2. The molecule has 0 saturated heterocycles. The van der Waals surface area contributed by atoms with E-state index in [0.29, 0.717) is 17.9 Å². The van der Waals surface area contributed by atoms with Crippen molar-refractivity contribution in [3.8, 4) is 0 Å². The Balaban J connectivity index is 1.86. The van der Waals surface area contributed by atoms with Gasteiger partial charge in [0.1, 0.15) is 11.9 Å². The van der Waals surface area contributed by atoms with Gasteiger partial charge in [0.25, 0.3) is 5.91 Å². The highest BCUT2D eigenvalue weighted by atomic mass is 32.2. The lowest BCUT2D eigenvalue weighted by atomic mass is 10.1. The van der Waals surface area contributed by atoms with E-state index in [1.165, 1.54) is 24.3 Å². The zero-order chi connectivity index (χ0) is 20.1. The number of imidazole rings is 1. The van der Waals surface area contributed by atoms with Crippen LogP contribution in [0.25, 0.3) is 0 Å². The molecule has 28 heavy (non-hydrogen) atoms. The topological polar surface area (TPSA) is 93.1 Å². The van der Waals surface area contributed by atoms with Gasteiger partial charge in [0.05, 0.1) is 4.90 Å². The third-order valence-electron chi connectivity index (χ3n) is 4.29. The lowest BCUT2D eigenvalue weighted by Gasteiger charge is -2.19. The van der Waals surface area contributed by atoms with Gasteiger partial charge in [0, 0.05) is 31.5 Å². The minimum Gasteiger partial charge on any atom is -0.338 e. The highest BCUT2D eigenvalue weighted by Crippen LogP contribution is 2.21. The second-order valence-electron chi connectivity index (χ2n) is 6.24. The van der Waals surface area contributed by atoms with Crippen LogP contribution in [0.5, 0.6) is 0 Å². The molecule has 1 aromatic heterocycles. The van der Waals surface area contributed by atoms with E-state index in [0.717, 1.165) is 5.56 Å². The van der Waals surface area contributed by atoms with Crippen LogP contribution in [-0.2, 0) is 17.1 Å². The van der Waals surface area contributed by atoms with Crippen molar-refractivity contribution in [1.82, 2.24) is 19.6 Å². The van der Waals surface area contributed by atoms with Crippen LogP contribution in [0.4, 0.5) is 0 Å². The van der Waals surface area contributed by atoms with Crippen molar-refractivity contribution in [2.24, 2.45) is 7.05 Å². The number of hydrogen-bond acceptors (Lipinski definition) is 4. The first-order valence-electron chi connectivity index (χ1n) is 8.85. The number of hydrogen-bond donors (Lipinski definition) is 2. The highest BCUT2D eigenvalue weighted by molar-refractivity contribution is 7.89. The molecule has 8 heteroatoms. The normalized spacial score (nSPS) is 12.5. The minimum absolute atomic E-state index is 0.120. The molecule has 2 N–H and O–H groups in total. The van der Waals surface area contributed by atoms with Gasteiger partial charge in [-0.15, -0.1) is 0 Å². The number of nitrogens with one attached hydrogen (secondary N) is 2. The maximum absolute atomic E-state index is 12.8. The predicted octanol–water partition coefficient (Wildman–Crippen LogP) is 2.24. The molecule has 1 amide bonds. The van der Waals surface area contributed by atoms with Gasteiger partial charge in [-0.05, 0) is 29.8 Å². The molecule has 0 fully saturated rings. The third-order valence-corrected chi connectivity index (χ3v) is 5.85. The maximum atomic E-state index is 12.8. The van der Waals surface area contributed by atoms with Gasteiger partial charge in [-0.25, -0.2) is 18.1 Å². The number of aryl methyl sites for hydroxylation is 1. The summed E-state index contributed by atoms with van der Waals surface area (Å²) >= 11 is 0. The number of rotatable bonds is 7. The maximum Gasteiger partial charge on any atom is 0.252 e. The Labute approximate surface area is 164 Å².